The zero-order valence-electron chi connectivity index (χ0n) is 14.1. The van der Waals surface area contributed by atoms with Crippen molar-refractivity contribution >= 4 is 15.9 Å². The van der Waals surface area contributed by atoms with Crippen LogP contribution in [0.5, 0.6) is 0 Å². The summed E-state index contributed by atoms with van der Waals surface area (Å²) in [6.07, 6.45) is 2.04. The third kappa shape index (κ3) is 4.70. The van der Waals surface area contributed by atoms with Crippen LogP contribution in [0.25, 0.3) is 0 Å². The maximum Gasteiger partial charge on any atom is 0.317 e. The quantitative estimate of drug-likeness (QED) is 0.917. The number of carbonyl (C=O) groups is 1. The molecule has 0 radical (unpaired) electrons. The minimum atomic E-state index is -3.37. The average molecular weight is 338 g/mol. The SMILES string of the molecule is CC(C)(C)c1ccc(S(=O)(=O)CCNC(=O)N2CCCC2)cc1. The molecule has 1 aromatic carbocycles. The molecule has 2 amide bonds. The fraction of sp³-hybridized carbons (Fsp3) is 0.588. The van der Waals surface area contributed by atoms with Gasteiger partial charge in [0.05, 0.1) is 10.6 Å². The molecule has 1 heterocycles. The Balaban J connectivity index is 1.92. The molecule has 5 nitrogen and oxygen atoms in total. The summed E-state index contributed by atoms with van der Waals surface area (Å²) < 4.78 is 24.7. The zero-order valence-corrected chi connectivity index (χ0v) is 14.9. The van der Waals surface area contributed by atoms with Crippen LogP contribution < -0.4 is 5.32 Å². The Hall–Kier alpha value is -1.56. The summed E-state index contributed by atoms with van der Waals surface area (Å²) in [6.45, 7) is 7.91. The predicted octanol–water partition coefficient (Wildman–Crippen LogP) is 2.56. The van der Waals surface area contributed by atoms with Crippen LogP contribution in [0.4, 0.5) is 4.79 Å². The van der Waals surface area contributed by atoms with Crippen molar-refractivity contribution in [3.63, 3.8) is 0 Å². The maximum absolute atomic E-state index is 12.3. The van der Waals surface area contributed by atoms with Crippen molar-refractivity contribution in [2.24, 2.45) is 0 Å². The number of sulfone groups is 1. The van der Waals surface area contributed by atoms with Crippen molar-refractivity contribution < 1.29 is 13.2 Å². The molecule has 1 saturated heterocycles. The summed E-state index contributed by atoms with van der Waals surface area (Å²) in [6, 6.07) is 6.85. The van der Waals surface area contributed by atoms with Crippen LogP contribution in [0.1, 0.15) is 39.2 Å². The summed E-state index contributed by atoms with van der Waals surface area (Å²) in [5.74, 6) is -0.0819. The van der Waals surface area contributed by atoms with Crippen LogP contribution in [0.3, 0.4) is 0 Å². The van der Waals surface area contributed by atoms with Gasteiger partial charge in [0.2, 0.25) is 0 Å². The van der Waals surface area contributed by atoms with Crippen LogP contribution in [0, 0.1) is 0 Å². The number of likely N-dealkylation sites (tertiary alicyclic amines) is 1. The number of benzene rings is 1. The van der Waals surface area contributed by atoms with E-state index >= 15 is 0 Å². The Morgan fingerprint density at radius 3 is 2.22 bits per heavy atom. The molecule has 1 N–H and O–H groups in total. The van der Waals surface area contributed by atoms with E-state index < -0.39 is 9.84 Å². The van der Waals surface area contributed by atoms with Crippen molar-refractivity contribution in [2.45, 2.75) is 43.9 Å². The summed E-state index contributed by atoms with van der Waals surface area (Å²) in [7, 11) is -3.37. The van der Waals surface area contributed by atoms with E-state index in [0.29, 0.717) is 4.90 Å². The fourth-order valence-corrected chi connectivity index (χ4v) is 3.76. The topological polar surface area (TPSA) is 66.5 Å². The van der Waals surface area contributed by atoms with E-state index in [2.05, 4.69) is 26.1 Å². The number of nitrogens with zero attached hydrogens (tertiary/aromatic N) is 1. The highest BCUT2D eigenvalue weighted by Crippen LogP contribution is 2.23. The fourth-order valence-electron chi connectivity index (χ4n) is 2.60. The number of amides is 2. The standard InChI is InChI=1S/C17H26N2O3S/c1-17(2,3)14-6-8-15(9-7-14)23(21,22)13-10-18-16(20)19-11-4-5-12-19/h6-9H,4-5,10-13H2,1-3H3,(H,18,20). The first-order chi connectivity index (χ1) is 10.7. The molecule has 0 bridgehead atoms. The van der Waals surface area contributed by atoms with Crippen molar-refractivity contribution in [3.8, 4) is 0 Å². The second kappa shape index (κ2) is 6.91. The molecule has 0 aliphatic carbocycles. The van der Waals surface area contributed by atoms with E-state index in [9.17, 15) is 13.2 Å². The molecular formula is C17H26N2O3S. The van der Waals surface area contributed by atoms with Crippen molar-refractivity contribution in [2.75, 3.05) is 25.4 Å². The zero-order chi connectivity index (χ0) is 17.1. The average Bonchev–Trinajstić information content (AvgIpc) is 3.00. The third-order valence-corrected chi connectivity index (χ3v) is 5.85. The lowest BCUT2D eigenvalue weighted by molar-refractivity contribution is 0.209. The van der Waals surface area contributed by atoms with Gasteiger partial charge in [-0.2, -0.15) is 0 Å². The molecule has 2 rings (SSSR count). The molecule has 23 heavy (non-hydrogen) atoms. The molecule has 128 valence electrons. The third-order valence-electron chi connectivity index (χ3n) is 4.12. The number of hydrogen-bond acceptors (Lipinski definition) is 3. The van der Waals surface area contributed by atoms with Crippen LogP contribution in [0.2, 0.25) is 0 Å². The van der Waals surface area contributed by atoms with E-state index in [1.54, 1.807) is 17.0 Å². The smallest absolute Gasteiger partial charge is 0.317 e. The lowest BCUT2D eigenvalue weighted by Crippen LogP contribution is -2.39. The minimum Gasteiger partial charge on any atom is -0.337 e. The van der Waals surface area contributed by atoms with Gasteiger partial charge in [0.25, 0.3) is 0 Å². The molecule has 1 fully saturated rings. The van der Waals surface area contributed by atoms with Gasteiger partial charge in [0.15, 0.2) is 9.84 Å². The number of nitrogens with one attached hydrogen (secondary N) is 1. The Morgan fingerprint density at radius 2 is 1.70 bits per heavy atom. The Kier molecular flexibility index (Phi) is 5.34. The van der Waals surface area contributed by atoms with Crippen LogP contribution >= 0.6 is 0 Å². The van der Waals surface area contributed by atoms with E-state index in [1.165, 1.54) is 0 Å². The molecule has 0 atom stereocenters. The van der Waals surface area contributed by atoms with Crippen molar-refractivity contribution in [3.05, 3.63) is 29.8 Å². The van der Waals surface area contributed by atoms with Gasteiger partial charge in [0, 0.05) is 19.6 Å². The van der Waals surface area contributed by atoms with Gasteiger partial charge in [-0.05, 0) is 36.0 Å². The molecule has 0 unspecified atom stereocenters. The van der Waals surface area contributed by atoms with Gasteiger partial charge in [-0.1, -0.05) is 32.9 Å². The molecule has 0 spiro atoms. The number of urea groups is 1. The van der Waals surface area contributed by atoms with Crippen LogP contribution in [0.15, 0.2) is 29.2 Å². The van der Waals surface area contributed by atoms with E-state index in [0.717, 1.165) is 31.5 Å². The highest BCUT2D eigenvalue weighted by molar-refractivity contribution is 7.91. The molecule has 1 aliphatic rings. The first-order valence-corrected chi connectivity index (χ1v) is 9.71. The monoisotopic (exact) mass is 338 g/mol. The lowest BCUT2D eigenvalue weighted by Gasteiger charge is -2.19. The molecule has 6 heteroatoms. The lowest BCUT2D eigenvalue weighted by atomic mass is 9.87. The van der Waals surface area contributed by atoms with Gasteiger partial charge in [0.1, 0.15) is 0 Å². The van der Waals surface area contributed by atoms with E-state index in [1.807, 2.05) is 12.1 Å². The Morgan fingerprint density at radius 1 is 1.13 bits per heavy atom. The van der Waals surface area contributed by atoms with Crippen LogP contribution in [-0.2, 0) is 15.3 Å². The molecule has 0 aromatic heterocycles. The van der Waals surface area contributed by atoms with Gasteiger partial charge < -0.3 is 10.2 Å². The Labute approximate surface area is 139 Å². The summed E-state index contributed by atoms with van der Waals surface area (Å²) in [5.41, 5.74) is 1.09. The summed E-state index contributed by atoms with van der Waals surface area (Å²) in [4.78, 5) is 13.9. The molecule has 1 aliphatic heterocycles. The predicted molar refractivity (Wildman–Crippen MR) is 91.4 cm³/mol. The van der Waals surface area contributed by atoms with Gasteiger partial charge in [-0.25, -0.2) is 13.2 Å². The normalized spacial score (nSPS) is 15.7. The van der Waals surface area contributed by atoms with Crippen molar-refractivity contribution in [1.82, 2.24) is 10.2 Å². The second-order valence-corrected chi connectivity index (χ2v) is 9.13. The number of carbonyl (C=O) groups excluding carboxylic acids is 1. The summed E-state index contributed by atoms with van der Waals surface area (Å²) >= 11 is 0. The van der Waals surface area contributed by atoms with Crippen LogP contribution in [-0.4, -0.2) is 44.7 Å². The second-order valence-electron chi connectivity index (χ2n) is 7.02. The van der Waals surface area contributed by atoms with E-state index in [-0.39, 0.29) is 23.7 Å². The van der Waals surface area contributed by atoms with Gasteiger partial charge in [-0.3, -0.25) is 0 Å². The number of hydrogen-bond donors (Lipinski definition) is 1. The van der Waals surface area contributed by atoms with Gasteiger partial charge >= 0.3 is 6.03 Å². The molecule has 0 saturated carbocycles. The number of rotatable bonds is 4. The maximum atomic E-state index is 12.3. The van der Waals surface area contributed by atoms with Crippen molar-refractivity contribution in [1.29, 1.82) is 0 Å². The highest BCUT2D eigenvalue weighted by Gasteiger charge is 2.20. The summed E-state index contributed by atoms with van der Waals surface area (Å²) in [5, 5.41) is 2.69. The first-order valence-electron chi connectivity index (χ1n) is 8.06. The Bertz CT molecular complexity index is 639. The highest BCUT2D eigenvalue weighted by atomic mass is 32.2. The molecule has 1 aromatic rings. The molecular weight excluding hydrogens is 312 g/mol. The first kappa shape index (κ1) is 17.8. The van der Waals surface area contributed by atoms with E-state index in [4.69, 9.17) is 0 Å². The minimum absolute atomic E-state index is 0.00794. The largest absolute Gasteiger partial charge is 0.337 e. The van der Waals surface area contributed by atoms with Gasteiger partial charge in [-0.15, -0.1) is 0 Å².